The van der Waals surface area contributed by atoms with Crippen LogP contribution < -0.4 is 10.6 Å². The van der Waals surface area contributed by atoms with Gasteiger partial charge in [-0.2, -0.15) is 0 Å². The van der Waals surface area contributed by atoms with Crippen molar-refractivity contribution in [1.82, 2.24) is 0 Å². The zero-order valence-corrected chi connectivity index (χ0v) is 14.4. The van der Waals surface area contributed by atoms with E-state index < -0.39 is 0 Å². The van der Waals surface area contributed by atoms with Crippen molar-refractivity contribution in [1.29, 1.82) is 0 Å². The molecule has 0 aliphatic heterocycles. The van der Waals surface area contributed by atoms with Crippen molar-refractivity contribution in [3.63, 3.8) is 0 Å². The first-order valence-electron chi connectivity index (χ1n) is 6.84. The van der Waals surface area contributed by atoms with Gasteiger partial charge >= 0.3 is 0 Å². The van der Waals surface area contributed by atoms with E-state index in [1.165, 1.54) is 16.1 Å². The molecule has 0 radical (unpaired) electrons. The lowest BCUT2D eigenvalue weighted by molar-refractivity contribution is 0.736. The predicted molar refractivity (Wildman–Crippen MR) is 92.8 cm³/mol. The lowest BCUT2D eigenvalue weighted by Crippen LogP contribution is -2.21. The van der Waals surface area contributed by atoms with Crippen LogP contribution in [-0.4, -0.2) is 19.6 Å². The average molecular weight is 353 g/mol. The molecule has 20 heavy (non-hydrogen) atoms. The maximum absolute atomic E-state index is 5.86. The van der Waals surface area contributed by atoms with Crippen LogP contribution in [0.4, 0.5) is 5.69 Å². The first-order chi connectivity index (χ1) is 9.56. The number of anilines is 1. The molecular weight excluding hydrogens is 332 g/mol. The SMILES string of the molecule is CC(N)Cc1ccc(N(C)CCc2cccs2)cc1Br. The topological polar surface area (TPSA) is 29.3 Å². The van der Waals surface area contributed by atoms with Gasteiger partial charge < -0.3 is 10.6 Å². The first kappa shape index (κ1) is 15.5. The van der Waals surface area contributed by atoms with Crippen LogP contribution in [0.2, 0.25) is 0 Å². The third-order valence-electron chi connectivity index (χ3n) is 3.29. The third-order valence-corrected chi connectivity index (χ3v) is 4.97. The maximum Gasteiger partial charge on any atom is 0.0375 e. The molecule has 2 N–H and O–H groups in total. The Morgan fingerprint density at radius 3 is 2.75 bits per heavy atom. The smallest absolute Gasteiger partial charge is 0.0375 e. The summed E-state index contributed by atoms with van der Waals surface area (Å²) in [4.78, 5) is 3.73. The molecule has 0 aliphatic rings. The molecule has 0 amide bonds. The van der Waals surface area contributed by atoms with Crippen molar-refractivity contribution in [2.45, 2.75) is 25.8 Å². The number of hydrogen-bond acceptors (Lipinski definition) is 3. The summed E-state index contributed by atoms with van der Waals surface area (Å²) in [7, 11) is 2.14. The van der Waals surface area contributed by atoms with E-state index in [0.29, 0.717) is 0 Å². The molecule has 1 atom stereocenters. The average Bonchev–Trinajstić information content (AvgIpc) is 2.91. The molecule has 1 aromatic heterocycles. The van der Waals surface area contributed by atoms with Crippen molar-refractivity contribution < 1.29 is 0 Å². The van der Waals surface area contributed by atoms with Crippen molar-refractivity contribution in [3.05, 3.63) is 50.6 Å². The fourth-order valence-corrected chi connectivity index (χ4v) is 3.37. The van der Waals surface area contributed by atoms with Crippen LogP contribution in [0.15, 0.2) is 40.2 Å². The Labute approximate surface area is 133 Å². The van der Waals surface area contributed by atoms with Crippen molar-refractivity contribution in [2.75, 3.05) is 18.5 Å². The second-order valence-corrected chi connectivity index (χ2v) is 7.09. The molecule has 0 saturated carbocycles. The number of thiophene rings is 1. The van der Waals surface area contributed by atoms with Gasteiger partial charge in [0.1, 0.15) is 0 Å². The largest absolute Gasteiger partial charge is 0.374 e. The standard InChI is InChI=1S/C16H21BrN2S/c1-12(18)10-13-5-6-14(11-16(13)17)19(2)8-7-15-4-3-9-20-15/h3-6,9,11-12H,7-8,10,18H2,1-2H3. The minimum Gasteiger partial charge on any atom is -0.374 e. The molecule has 0 spiro atoms. The molecule has 0 bridgehead atoms. The molecule has 2 aromatic rings. The van der Waals surface area contributed by atoms with Crippen LogP contribution in [0.1, 0.15) is 17.4 Å². The Balaban J connectivity index is 1.99. The Morgan fingerprint density at radius 2 is 2.15 bits per heavy atom. The summed E-state index contributed by atoms with van der Waals surface area (Å²) >= 11 is 5.48. The molecule has 2 nitrogen and oxygen atoms in total. The van der Waals surface area contributed by atoms with Crippen LogP contribution in [0, 0.1) is 0 Å². The van der Waals surface area contributed by atoms with Gasteiger partial charge in [-0.3, -0.25) is 0 Å². The van der Waals surface area contributed by atoms with E-state index in [1.807, 2.05) is 18.3 Å². The molecular formula is C16H21BrN2S. The lowest BCUT2D eigenvalue weighted by atomic mass is 10.1. The first-order valence-corrected chi connectivity index (χ1v) is 8.51. The van der Waals surface area contributed by atoms with Gasteiger partial charge in [-0.1, -0.05) is 28.1 Å². The molecule has 1 aromatic carbocycles. The van der Waals surface area contributed by atoms with E-state index in [9.17, 15) is 0 Å². The zero-order chi connectivity index (χ0) is 14.5. The monoisotopic (exact) mass is 352 g/mol. The molecule has 1 unspecified atom stereocenters. The highest BCUT2D eigenvalue weighted by Gasteiger charge is 2.07. The highest BCUT2D eigenvalue weighted by atomic mass is 79.9. The summed E-state index contributed by atoms with van der Waals surface area (Å²) in [5.41, 5.74) is 8.37. The second kappa shape index (κ2) is 7.25. The Kier molecular flexibility index (Phi) is 5.64. The predicted octanol–water partition coefficient (Wildman–Crippen LogP) is 4.08. The summed E-state index contributed by atoms with van der Waals surface area (Å²) in [6.45, 7) is 3.06. The van der Waals surface area contributed by atoms with Crippen LogP contribution in [0.3, 0.4) is 0 Å². The van der Waals surface area contributed by atoms with E-state index in [2.05, 4.69) is 63.6 Å². The summed E-state index contributed by atoms with van der Waals surface area (Å²) < 4.78 is 1.15. The lowest BCUT2D eigenvalue weighted by Gasteiger charge is -2.20. The van der Waals surface area contributed by atoms with Gasteiger partial charge in [-0.05, 0) is 48.9 Å². The molecule has 0 aliphatic carbocycles. The van der Waals surface area contributed by atoms with E-state index >= 15 is 0 Å². The highest BCUT2D eigenvalue weighted by Crippen LogP contribution is 2.25. The zero-order valence-electron chi connectivity index (χ0n) is 12.0. The minimum absolute atomic E-state index is 0.189. The van der Waals surface area contributed by atoms with Crippen LogP contribution in [0.25, 0.3) is 0 Å². The molecule has 108 valence electrons. The number of benzene rings is 1. The number of hydrogen-bond donors (Lipinski definition) is 1. The number of rotatable bonds is 6. The summed E-state index contributed by atoms with van der Waals surface area (Å²) in [5, 5.41) is 2.13. The minimum atomic E-state index is 0.189. The quantitative estimate of drug-likeness (QED) is 0.848. The normalized spacial score (nSPS) is 12.4. The number of likely N-dealkylation sites (N-methyl/N-ethyl adjacent to an activating group) is 1. The Bertz CT molecular complexity index is 537. The van der Waals surface area contributed by atoms with E-state index in [-0.39, 0.29) is 6.04 Å². The highest BCUT2D eigenvalue weighted by molar-refractivity contribution is 9.10. The van der Waals surface area contributed by atoms with Gasteiger partial charge in [0, 0.05) is 34.7 Å². The van der Waals surface area contributed by atoms with Gasteiger partial charge in [0.25, 0.3) is 0 Å². The second-order valence-electron chi connectivity index (χ2n) is 5.21. The van der Waals surface area contributed by atoms with E-state index in [4.69, 9.17) is 5.73 Å². The number of nitrogens with two attached hydrogens (primary N) is 1. The Hall–Kier alpha value is -0.840. The Morgan fingerprint density at radius 1 is 1.35 bits per heavy atom. The van der Waals surface area contributed by atoms with Gasteiger partial charge in [-0.25, -0.2) is 0 Å². The summed E-state index contributed by atoms with van der Waals surface area (Å²) in [5.74, 6) is 0. The van der Waals surface area contributed by atoms with Crippen molar-refractivity contribution >= 4 is 33.0 Å². The molecule has 0 saturated heterocycles. The summed E-state index contributed by atoms with van der Waals surface area (Å²) in [6, 6.07) is 11.0. The fraction of sp³-hybridized carbons (Fsp3) is 0.375. The van der Waals surface area contributed by atoms with Crippen molar-refractivity contribution in [3.8, 4) is 0 Å². The van der Waals surface area contributed by atoms with Crippen LogP contribution >= 0.6 is 27.3 Å². The van der Waals surface area contributed by atoms with Gasteiger partial charge in [0.15, 0.2) is 0 Å². The van der Waals surface area contributed by atoms with Crippen molar-refractivity contribution in [2.24, 2.45) is 5.73 Å². The molecule has 0 fully saturated rings. The number of halogens is 1. The fourth-order valence-electron chi connectivity index (χ4n) is 2.15. The molecule has 2 rings (SSSR count). The van der Waals surface area contributed by atoms with Gasteiger partial charge in [0.05, 0.1) is 0 Å². The van der Waals surface area contributed by atoms with E-state index in [1.54, 1.807) is 0 Å². The molecule has 1 heterocycles. The maximum atomic E-state index is 5.86. The van der Waals surface area contributed by atoms with Crippen LogP contribution in [0.5, 0.6) is 0 Å². The number of nitrogens with zero attached hydrogens (tertiary/aromatic N) is 1. The van der Waals surface area contributed by atoms with Gasteiger partial charge in [-0.15, -0.1) is 11.3 Å². The molecule has 4 heteroatoms. The van der Waals surface area contributed by atoms with Gasteiger partial charge in [0.2, 0.25) is 0 Å². The summed E-state index contributed by atoms with van der Waals surface area (Å²) in [6.07, 6.45) is 1.99. The van der Waals surface area contributed by atoms with E-state index in [0.717, 1.165) is 23.9 Å². The third kappa shape index (κ3) is 4.33. The van der Waals surface area contributed by atoms with Crippen LogP contribution in [-0.2, 0) is 12.8 Å².